The standard InChI is InChI=1S/C24H31NO5/c1-27-21-13-17(14-22(28-2)24(21)29-3)15-25-23(26)16-30-20-11-9-19(10-12-20)18-7-5-4-6-8-18/h9-14,18H,4-8,15-16H2,1-3H3,(H,25,26). The van der Waals surface area contributed by atoms with Crippen molar-refractivity contribution in [2.24, 2.45) is 0 Å². The molecule has 1 aliphatic rings. The number of nitrogens with one attached hydrogen (secondary N) is 1. The lowest BCUT2D eigenvalue weighted by Gasteiger charge is -2.22. The summed E-state index contributed by atoms with van der Waals surface area (Å²) in [6.07, 6.45) is 6.51. The van der Waals surface area contributed by atoms with E-state index in [0.717, 1.165) is 5.56 Å². The van der Waals surface area contributed by atoms with E-state index in [4.69, 9.17) is 18.9 Å². The average molecular weight is 414 g/mol. The fourth-order valence-corrected chi connectivity index (χ4v) is 3.91. The van der Waals surface area contributed by atoms with Gasteiger partial charge in [0, 0.05) is 6.54 Å². The minimum Gasteiger partial charge on any atom is -0.493 e. The lowest BCUT2D eigenvalue weighted by Crippen LogP contribution is -2.28. The molecule has 1 saturated carbocycles. The molecule has 6 heteroatoms. The molecule has 1 N–H and O–H groups in total. The van der Waals surface area contributed by atoms with E-state index in [2.05, 4.69) is 17.4 Å². The zero-order valence-corrected chi connectivity index (χ0v) is 18.0. The molecule has 0 atom stereocenters. The predicted molar refractivity (Wildman–Crippen MR) is 116 cm³/mol. The van der Waals surface area contributed by atoms with Crippen LogP contribution in [0.1, 0.15) is 49.1 Å². The summed E-state index contributed by atoms with van der Waals surface area (Å²) in [5, 5.41) is 2.86. The average Bonchev–Trinajstić information content (AvgIpc) is 2.81. The lowest BCUT2D eigenvalue weighted by molar-refractivity contribution is -0.123. The molecule has 0 unspecified atom stereocenters. The Morgan fingerprint density at radius 1 is 0.933 bits per heavy atom. The Hall–Kier alpha value is -2.89. The Morgan fingerprint density at radius 2 is 1.57 bits per heavy atom. The number of hydrogen-bond donors (Lipinski definition) is 1. The Labute approximate surface area is 178 Å². The molecule has 0 spiro atoms. The summed E-state index contributed by atoms with van der Waals surface area (Å²) in [4.78, 5) is 12.2. The molecule has 30 heavy (non-hydrogen) atoms. The van der Waals surface area contributed by atoms with Gasteiger partial charge in [0.1, 0.15) is 5.75 Å². The molecule has 6 nitrogen and oxygen atoms in total. The number of carbonyl (C=O) groups is 1. The molecule has 0 aliphatic heterocycles. The zero-order valence-electron chi connectivity index (χ0n) is 18.0. The Balaban J connectivity index is 1.50. The number of amides is 1. The molecular formula is C24H31NO5. The molecule has 0 aromatic heterocycles. The van der Waals surface area contributed by atoms with Gasteiger partial charge in [0.2, 0.25) is 5.75 Å². The van der Waals surface area contributed by atoms with Gasteiger partial charge in [0.15, 0.2) is 18.1 Å². The van der Waals surface area contributed by atoms with Crippen molar-refractivity contribution in [3.05, 3.63) is 47.5 Å². The quantitative estimate of drug-likeness (QED) is 0.658. The number of ether oxygens (including phenoxy) is 4. The van der Waals surface area contributed by atoms with Gasteiger partial charge in [0.25, 0.3) is 5.91 Å². The van der Waals surface area contributed by atoms with Gasteiger partial charge in [-0.05, 0) is 54.2 Å². The largest absolute Gasteiger partial charge is 0.493 e. The minimum atomic E-state index is -0.194. The maximum absolute atomic E-state index is 12.2. The van der Waals surface area contributed by atoms with Crippen LogP contribution in [0, 0.1) is 0 Å². The van der Waals surface area contributed by atoms with Crippen molar-refractivity contribution >= 4 is 5.91 Å². The second-order valence-electron chi connectivity index (χ2n) is 7.50. The summed E-state index contributed by atoms with van der Waals surface area (Å²) in [7, 11) is 4.68. The minimum absolute atomic E-state index is 0.0345. The van der Waals surface area contributed by atoms with Gasteiger partial charge in [-0.2, -0.15) is 0 Å². The number of rotatable bonds is 9. The summed E-state index contributed by atoms with van der Waals surface area (Å²) < 4.78 is 21.6. The maximum atomic E-state index is 12.2. The third kappa shape index (κ3) is 5.59. The van der Waals surface area contributed by atoms with E-state index >= 15 is 0 Å². The number of benzene rings is 2. The summed E-state index contributed by atoms with van der Waals surface area (Å²) in [5.74, 6) is 2.80. The second-order valence-corrected chi connectivity index (χ2v) is 7.50. The van der Waals surface area contributed by atoms with Crippen LogP contribution in [0.3, 0.4) is 0 Å². The summed E-state index contributed by atoms with van der Waals surface area (Å²) >= 11 is 0. The third-order valence-electron chi connectivity index (χ3n) is 5.54. The monoisotopic (exact) mass is 413 g/mol. The molecule has 1 fully saturated rings. The molecular weight excluding hydrogens is 382 g/mol. The van der Waals surface area contributed by atoms with Gasteiger partial charge < -0.3 is 24.3 Å². The molecule has 2 aromatic carbocycles. The van der Waals surface area contributed by atoms with Crippen molar-refractivity contribution in [3.63, 3.8) is 0 Å². The normalized spacial score (nSPS) is 14.1. The highest BCUT2D eigenvalue weighted by molar-refractivity contribution is 5.77. The van der Waals surface area contributed by atoms with Crippen molar-refractivity contribution in [3.8, 4) is 23.0 Å². The molecule has 1 aliphatic carbocycles. The first-order chi connectivity index (χ1) is 14.6. The summed E-state index contributed by atoms with van der Waals surface area (Å²) in [6, 6.07) is 11.8. The van der Waals surface area contributed by atoms with Crippen LogP contribution in [0.5, 0.6) is 23.0 Å². The SMILES string of the molecule is COc1cc(CNC(=O)COc2ccc(C3CCCCC3)cc2)cc(OC)c1OC. The third-order valence-corrected chi connectivity index (χ3v) is 5.54. The molecule has 2 aromatic rings. The van der Waals surface area contributed by atoms with Crippen LogP contribution in [-0.4, -0.2) is 33.8 Å². The molecule has 0 heterocycles. The zero-order chi connectivity index (χ0) is 21.3. The van der Waals surface area contributed by atoms with Crippen LogP contribution in [0.4, 0.5) is 0 Å². The fourth-order valence-electron chi connectivity index (χ4n) is 3.91. The molecule has 0 radical (unpaired) electrons. The Kier molecular flexibility index (Phi) is 7.82. The lowest BCUT2D eigenvalue weighted by atomic mass is 9.84. The van der Waals surface area contributed by atoms with Crippen LogP contribution in [-0.2, 0) is 11.3 Å². The smallest absolute Gasteiger partial charge is 0.258 e. The van der Waals surface area contributed by atoms with E-state index < -0.39 is 0 Å². The van der Waals surface area contributed by atoms with Crippen molar-refractivity contribution in [2.75, 3.05) is 27.9 Å². The summed E-state index contributed by atoms with van der Waals surface area (Å²) in [5.41, 5.74) is 2.21. The van der Waals surface area contributed by atoms with Crippen LogP contribution in [0.15, 0.2) is 36.4 Å². The van der Waals surface area contributed by atoms with Crippen LogP contribution in [0.25, 0.3) is 0 Å². The maximum Gasteiger partial charge on any atom is 0.258 e. The van der Waals surface area contributed by atoms with Crippen LogP contribution < -0.4 is 24.3 Å². The molecule has 0 saturated heterocycles. The van der Waals surface area contributed by atoms with Crippen molar-refractivity contribution in [1.29, 1.82) is 0 Å². The summed E-state index contributed by atoms with van der Waals surface area (Å²) in [6.45, 7) is 0.298. The van der Waals surface area contributed by atoms with Gasteiger partial charge in [-0.1, -0.05) is 31.4 Å². The van der Waals surface area contributed by atoms with Crippen LogP contribution >= 0.6 is 0 Å². The number of carbonyl (C=O) groups excluding carboxylic acids is 1. The van der Waals surface area contributed by atoms with Crippen molar-refractivity contribution < 1.29 is 23.7 Å². The van der Waals surface area contributed by atoms with E-state index in [0.29, 0.717) is 35.5 Å². The Bertz CT molecular complexity index is 803. The topological polar surface area (TPSA) is 66.0 Å². The van der Waals surface area contributed by atoms with Crippen molar-refractivity contribution in [1.82, 2.24) is 5.32 Å². The molecule has 3 rings (SSSR count). The second kappa shape index (κ2) is 10.8. The highest BCUT2D eigenvalue weighted by Gasteiger charge is 2.16. The van der Waals surface area contributed by atoms with Gasteiger partial charge in [-0.3, -0.25) is 4.79 Å². The van der Waals surface area contributed by atoms with E-state index in [9.17, 15) is 4.79 Å². The van der Waals surface area contributed by atoms with E-state index in [1.165, 1.54) is 37.7 Å². The predicted octanol–water partition coefficient (Wildman–Crippen LogP) is 4.46. The number of hydrogen-bond acceptors (Lipinski definition) is 5. The van der Waals surface area contributed by atoms with Crippen molar-refractivity contribution in [2.45, 2.75) is 44.6 Å². The molecule has 1 amide bonds. The first kappa shape index (κ1) is 21.8. The van der Waals surface area contributed by atoms with E-state index in [1.807, 2.05) is 24.3 Å². The van der Waals surface area contributed by atoms with Crippen LogP contribution in [0.2, 0.25) is 0 Å². The molecule has 0 bridgehead atoms. The van der Waals surface area contributed by atoms with Gasteiger partial charge in [-0.25, -0.2) is 0 Å². The van der Waals surface area contributed by atoms with E-state index in [-0.39, 0.29) is 12.5 Å². The van der Waals surface area contributed by atoms with Gasteiger partial charge in [-0.15, -0.1) is 0 Å². The highest BCUT2D eigenvalue weighted by Crippen LogP contribution is 2.38. The van der Waals surface area contributed by atoms with E-state index in [1.54, 1.807) is 21.3 Å². The first-order valence-electron chi connectivity index (χ1n) is 10.4. The van der Waals surface area contributed by atoms with Gasteiger partial charge >= 0.3 is 0 Å². The Morgan fingerprint density at radius 3 is 2.13 bits per heavy atom. The molecule has 162 valence electrons. The fraction of sp³-hybridized carbons (Fsp3) is 0.458. The highest BCUT2D eigenvalue weighted by atomic mass is 16.5. The first-order valence-corrected chi connectivity index (χ1v) is 10.4. The number of methoxy groups -OCH3 is 3. The van der Waals surface area contributed by atoms with Gasteiger partial charge in [0.05, 0.1) is 21.3 Å².